The van der Waals surface area contributed by atoms with Gasteiger partial charge in [-0.15, -0.1) is 10.2 Å². The summed E-state index contributed by atoms with van der Waals surface area (Å²) in [5, 5.41) is 12.4. The van der Waals surface area contributed by atoms with Gasteiger partial charge in [-0.1, -0.05) is 35.5 Å². The molecule has 3 aromatic rings. The lowest BCUT2D eigenvalue weighted by molar-refractivity contribution is -0.113. The van der Waals surface area contributed by atoms with Crippen molar-refractivity contribution in [2.24, 2.45) is 7.05 Å². The molecule has 1 unspecified atom stereocenters. The smallest absolute Gasteiger partial charge is 0.234 e. The number of nitrogens with one attached hydrogen (secondary N) is 1. The highest BCUT2D eigenvalue weighted by Crippen LogP contribution is 2.30. The van der Waals surface area contributed by atoms with Crippen LogP contribution in [0.4, 0.5) is 5.69 Å². The molecule has 1 aromatic heterocycles. The minimum Gasteiger partial charge on any atom is -0.497 e. The maximum Gasteiger partial charge on any atom is 0.234 e. The lowest BCUT2D eigenvalue weighted by Crippen LogP contribution is -2.15. The number of rotatable bonds is 8. The van der Waals surface area contributed by atoms with Crippen LogP contribution in [0.3, 0.4) is 0 Å². The van der Waals surface area contributed by atoms with Crippen LogP contribution in [0.1, 0.15) is 24.4 Å². The molecule has 1 amide bonds. The molecular formula is C21H23ClN4O3S. The number of anilines is 1. The lowest BCUT2D eigenvalue weighted by Gasteiger charge is -2.15. The monoisotopic (exact) mass is 446 g/mol. The third-order valence-electron chi connectivity index (χ3n) is 4.31. The Balaban J connectivity index is 1.60. The molecule has 0 bridgehead atoms. The Labute approximate surface area is 184 Å². The highest BCUT2D eigenvalue weighted by molar-refractivity contribution is 7.99. The van der Waals surface area contributed by atoms with Gasteiger partial charge in [-0.3, -0.25) is 4.79 Å². The first-order valence-corrected chi connectivity index (χ1v) is 10.6. The standard InChI is InChI=1S/C21H23ClN4O3S/c1-13-8-9-17(22)18(10-13)29-14(2)20-24-25-21(26(20)3)30-12-19(27)23-15-6-5-7-16(11-15)28-4/h5-11,14H,12H2,1-4H3,(H,23,27). The zero-order chi connectivity index (χ0) is 21.7. The van der Waals surface area contributed by atoms with Crippen LogP contribution in [0.25, 0.3) is 0 Å². The van der Waals surface area contributed by atoms with E-state index in [2.05, 4.69) is 15.5 Å². The van der Waals surface area contributed by atoms with Crippen LogP contribution in [0.2, 0.25) is 5.02 Å². The van der Waals surface area contributed by atoms with Crippen molar-refractivity contribution >= 4 is 35.0 Å². The number of thioether (sulfide) groups is 1. The number of hydrogen-bond donors (Lipinski definition) is 1. The van der Waals surface area contributed by atoms with E-state index < -0.39 is 0 Å². The molecule has 3 rings (SSSR count). The first-order valence-electron chi connectivity index (χ1n) is 9.26. The van der Waals surface area contributed by atoms with E-state index in [0.717, 1.165) is 5.56 Å². The Hall–Kier alpha value is -2.71. The van der Waals surface area contributed by atoms with Gasteiger partial charge in [0.25, 0.3) is 0 Å². The van der Waals surface area contributed by atoms with Gasteiger partial charge >= 0.3 is 0 Å². The Morgan fingerprint density at radius 1 is 1.27 bits per heavy atom. The van der Waals surface area contributed by atoms with Gasteiger partial charge in [0, 0.05) is 18.8 Å². The number of aromatic nitrogens is 3. The zero-order valence-corrected chi connectivity index (χ0v) is 18.8. The largest absolute Gasteiger partial charge is 0.497 e. The van der Waals surface area contributed by atoms with Gasteiger partial charge in [0.2, 0.25) is 5.91 Å². The highest BCUT2D eigenvalue weighted by Gasteiger charge is 2.19. The van der Waals surface area contributed by atoms with Gasteiger partial charge in [-0.2, -0.15) is 0 Å². The van der Waals surface area contributed by atoms with Crippen LogP contribution >= 0.6 is 23.4 Å². The SMILES string of the molecule is COc1cccc(NC(=O)CSc2nnc(C(C)Oc3cc(C)ccc3Cl)n2C)c1. The van der Waals surface area contributed by atoms with Gasteiger partial charge in [-0.05, 0) is 43.7 Å². The number of benzene rings is 2. The topological polar surface area (TPSA) is 78.3 Å². The average molecular weight is 447 g/mol. The summed E-state index contributed by atoms with van der Waals surface area (Å²) in [4.78, 5) is 12.3. The molecule has 0 aliphatic rings. The van der Waals surface area contributed by atoms with E-state index in [-0.39, 0.29) is 17.8 Å². The minimum absolute atomic E-state index is 0.145. The van der Waals surface area contributed by atoms with Crippen LogP contribution in [0.15, 0.2) is 47.6 Å². The first kappa shape index (κ1) is 22.0. The van der Waals surface area contributed by atoms with Crippen molar-refractivity contribution in [3.05, 3.63) is 58.9 Å². The molecule has 1 heterocycles. The van der Waals surface area contributed by atoms with Crippen molar-refractivity contribution < 1.29 is 14.3 Å². The Bertz CT molecular complexity index is 1040. The molecule has 0 spiro atoms. The number of carbonyl (C=O) groups excluding carboxylic acids is 1. The third-order valence-corrected chi connectivity index (χ3v) is 5.64. The predicted octanol–water partition coefficient (Wildman–Crippen LogP) is 4.66. The average Bonchev–Trinajstić information content (AvgIpc) is 3.09. The summed E-state index contributed by atoms with van der Waals surface area (Å²) in [6.07, 6.45) is -0.359. The second-order valence-corrected chi connectivity index (χ2v) is 8.01. The molecule has 1 atom stereocenters. The molecule has 158 valence electrons. The van der Waals surface area contributed by atoms with E-state index in [0.29, 0.717) is 33.2 Å². The van der Waals surface area contributed by atoms with Crippen LogP contribution in [-0.4, -0.2) is 33.5 Å². The normalized spacial score (nSPS) is 11.8. The molecule has 0 saturated carbocycles. The summed E-state index contributed by atoms with van der Waals surface area (Å²) in [6.45, 7) is 3.86. The van der Waals surface area contributed by atoms with E-state index >= 15 is 0 Å². The third kappa shape index (κ3) is 5.46. The van der Waals surface area contributed by atoms with Crippen molar-refractivity contribution in [1.29, 1.82) is 0 Å². The summed E-state index contributed by atoms with van der Waals surface area (Å²) >= 11 is 7.52. The van der Waals surface area contributed by atoms with Gasteiger partial charge < -0.3 is 19.4 Å². The van der Waals surface area contributed by atoms with E-state index in [1.165, 1.54) is 11.8 Å². The molecular weight excluding hydrogens is 424 g/mol. The highest BCUT2D eigenvalue weighted by atomic mass is 35.5. The van der Waals surface area contributed by atoms with Crippen molar-refractivity contribution in [3.8, 4) is 11.5 Å². The molecule has 30 heavy (non-hydrogen) atoms. The van der Waals surface area contributed by atoms with Crippen molar-refractivity contribution in [2.45, 2.75) is 25.1 Å². The fourth-order valence-electron chi connectivity index (χ4n) is 2.78. The summed E-state index contributed by atoms with van der Waals surface area (Å²) < 4.78 is 13.0. The number of amides is 1. The summed E-state index contributed by atoms with van der Waals surface area (Å²) in [6, 6.07) is 12.8. The van der Waals surface area contributed by atoms with Crippen LogP contribution in [0, 0.1) is 6.92 Å². The number of methoxy groups -OCH3 is 1. The summed E-state index contributed by atoms with van der Waals surface area (Å²) in [5.41, 5.74) is 1.73. The van der Waals surface area contributed by atoms with Gasteiger partial charge in [-0.25, -0.2) is 0 Å². The quantitative estimate of drug-likeness (QED) is 0.507. The molecule has 7 nitrogen and oxygen atoms in total. The molecule has 0 saturated heterocycles. The Morgan fingerprint density at radius 3 is 2.83 bits per heavy atom. The van der Waals surface area contributed by atoms with Gasteiger partial charge in [0.1, 0.15) is 11.5 Å². The number of nitrogens with zero attached hydrogens (tertiary/aromatic N) is 3. The van der Waals surface area contributed by atoms with Crippen LogP contribution in [-0.2, 0) is 11.8 Å². The Kier molecular flexibility index (Phi) is 7.23. The number of carbonyl (C=O) groups is 1. The molecule has 0 radical (unpaired) electrons. The van der Waals surface area contributed by atoms with E-state index in [1.54, 1.807) is 25.3 Å². The number of ether oxygens (including phenoxy) is 2. The van der Waals surface area contributed by atoms with E-state index in [1.807, 2.05) is 49.7 Å². The van der Waals surface area contributed by atoms with Gasteiger partial charge in [0.15, 0.2) is 17.1 Å². The number of hydrogen-bond acceptors (Lipinski definition) is 6. The molecule has 9 heteroatoms. The van der Waals surface area contributed by atoms with Gasteiger partial charge in [0.05, 0.1) is 17.9 Å². The number of aryl methyl sites for hydroxylation is 1. The number of halogens is 1. The lowest BCUT2D eigenvalue weighted by atomic mass is 10.2. The zero-order valence-electron chi connectivity index (χ0n) is 17.2. The molecule has 0 fully saturated rings. The fraction of sp³-hybridized carbons (Fsp3) is 0.286. The second-order valence-electron chi connectivity index (χ2n) is 6.66. The molecule has 0 aliphatic carbocycles. The second kappa shape index (κ2) is 9.86. The molecule has 1 N–H and O–H groups in total. The van der Waals surface area contributed by atoms with Crippen LogP contribution < -0.4 is 14.8 Å². The maximum absolute atomic E-state index is 12.3. The van der Waals surface area contributed by atoms with Crippen molar-refractivity contribution in [1.82, 2.24) is 14.8 Å². The first-order chi connectivity index (χ1) is 14.4. The summed E-state index contributed by atoms with van der Waals surface area (Å²) in [7, 11) is 3.43. The van der Waals surface area contributed by atoms with E-state index in [9.17, 15) is 4.79 Å². The van der Waals surface area contributed by atoms with Crippen LogP contribution in [0.5, 0.6) is 11.5 Å². The maximum atomic E-state index is 12.3. The molecule has 0 aliphatic heterocycles. The summed E-state index contributed by atoms with van der Waals surface area (Å²) in [5.74, 6) is 1.97. The fourth-order valence-corrected chi connectivity index (χ4v) is 3.66. The van der Waals surface area contributed by atoms with Crippen molar-refractivity contribution in [3.63, 3.8) is 0 Å². The molecule has 2 aromatic carbocycles. The minimum atomic E-state index is -0.359. The van der Waals surface area contributed by atoms with E-state index in [4.69, 9.17) is 21.1 Å². The Morgan fingerprint density at radius 2 is 2.07 bits per heavy atom. The van der Waals surface area contributed by atoms with Crippen molar-refractivity contribution in [2.75, 3.05) is 18.2 Å². The predicted molar refractivity (Wildman–Crippen MR) is 119 cm³/mol.